The van der Waals surface area contributed by atoms with E-state index in [4.69, 9.17) is 5.10 Å². The van der Waals surface area contributed by atoms with Crippen molar-refractivity contribution in [2.45, 2.75) is 44.6 Å². The van der Waals surface area contributed by atoms with E-state index < -0.39 is 0 Å². The van der Waals surface area contributed by atoms with Crippen molar-refractivity contribution in [3.63, 3.8) is 0 Å². The van der Waals surface area contributed by atoms with Gasteiger partial charge in [0.25, 0.3) is 5.91 Å². The molecule has 5 heteroatoms. The Kier molecular flexibility index (Phi) is 5.28. The molecule has 0 atom stereocenters. The van der Waals surface area contributed by atoms with Crippen LogP contribution >= 0.6 is 0 Å². The van der Waals surface area contributed by atoms with E-state index in [2.05, 4.69) is 10.3 Å². The van der Waals surface area contributed by atoms with E-state index in [0.29, 0.717) is 11.3 Å². The molecule has 0 aliphatic heterocycles. The molecule has 1 saturated carbocycles. The predicted molar refractivity (Wildman–Crippen MR) is 106 cm³/mol. The summed E-state index contributed by atoms with van der Waals surface area (Å²) >= 11 is 0. The molecular formula is C22H24N4O. The van der Waals surface area contributed by atoms with Gasteiger partial charge in [-0.15, -0.1) is 0 Å². The van der Waals surface area contributed by atoms with E-state index >= 15 is 0 Å². The van der Waals surface area contributed by atoms with Crippen LogP contribution in [0.15, 0.2) is 61.1 Å². The van der Waals surface area contributed by atoms with Gasteiger partial charge < -0.3 is 5.32 Å². The van der Waals surface area contributed by atoms with E-state index in [1.807, 2.05) is 48.7 Å². The Morgan fingerprint density at radius 2 is 1.78 bits per heavy atom. The van der Waals surface area contributed by atoms with Gasteiger partial charge in [0.1, 0.15) is 5.69 Å². The van der Waals surface area contributed by atoms with Crippen molar-refractivity contribution in [3.05, 3.63) is 66.6 Å². The SMILES string of the molecule is O=C(NC1CCCCCC1)c1cn(-c2ccccc2)nc1-c1cccnc1. The Morgan fingerprint density at radius 3 is 2.48 bits per heavy atom. The van der Waals surface area contributed by atoms with Crippen LogP contribution in [0.3, 0.4) is 0 Å². The van der Waals surface area contributed by atoms with Crippen LogP contribution in [0.2, 0.25) is 0 Å². The number of aromatic nitrogens is 3. The van der Waals surface area contributed by atoms with Crippen LogP contribution in [0.1, 0.15) is 48.9 Å². The summed E-state index contributed by atoms with van der Waals surface area (Å²) in [6, 6.07) is 13.9. The molecule has 2 aromatic heterocycles. The quantitative estimate of drug-likeness (QED) is 0.702. The van der Waals surface area contributed by atoms with Crippen molar-refractivity contribution in [2.75, 3.05) is 0 Å². The maximum absolute atomic E-state index is 13.1. The standard InChI is InChI=1S/C22H24N4O/c27-22(24-18-10-4-1-2-5-11-18)20-16-26(19-12-6-3-7-13-19)25-21(20)17-9-8-14-23-15-17/h3,6-9,12-16,18H,1-2,4-5,10-11H2,(H,24,27). The van der Waals surface area contributed by atoms with Crippen LogP contribution in [0.4, 0.5) is 0 Å². The molecule has 2 heterocycles. The minimum absolute atomic E-state index is 0.0528. The van der Waals surface area contributed by atoms with Gasteiger partial charge in [-0.2, -0.15) is 5.10 Å². The summed E-state index contributed by atoms with van der Waals surface area (Å²) in [6.45, 7) is 0. The molecule has 1 fully saturated rings. The summed E-state index contributed by atoms with van der Waals surface area (Å²) in [6.07, 6.45) is 12.3. The fourth-order valence-electron chi connectivity index (χ4n) is 3.66. The van der Waals surface area contributed by atoms with Gasteiger partial charge in [-0.3, -0.25) is 9.78 Å². The fourth-order valence-corrected chi connectivity index (χ4v) is 3.66. The van der Waals surface area contributed by atoms with Crippen molar-refractivity contribution in [1.29, 1.82) is 0 Å². The van der Waals surface area contributed by atoms with Crippen molar-refractivity contribution >= 4 is 5.91 Å². The summed E-state index contributed by atoms with van der Waals surface area (Å²) in [5, 5.41) is 7.94. The fraction of sp³-hybridized carbons (Fsp3) is 0.318. The average molecular weight is 360 g/mol. The van der Waals surface area contributed by atoms with Crippen LogP contribution < -0.4 is 5.32 Å². The maximum Gasteiger partial charge on any atom is 0.255 e. The van der Waals surface area contributed by atoms with Gasteiger partial charge in [-0.1, -0.05) is 43.9 Å². The van der Waals surface area contributed by atoms with Gasteiger partial charge >= 0.3 is 0 Å². The van der Waals surface area contributed by atoms with Crippen LogP contribution in [0.5, 0.6) is 0 Å². The molecule has 0 unspecified atom stereocenters. The smallest absolute Gasteiger partial charge is 0.255 e. The number of para-hydroxylation sites is 1. The molecule has 3 aromatic rings. The lowest BCUT2D eigenvalue weighted by Gasteiger charge is -2.16. The zero-order valence-corrected chi connectivity index (χ0v) is 15.3. The number of carbonyl (C=O) groups is 1. The Bertz CT molecular complexity index is 881. The maximum atomic E-state index is 13.1. The van der Waals surface area contributed by atoms with Gasteiger partial charge in [0.2, 0.25) is 0 Å². The molecule has 138 valence electrons. The van der Waals surface area contributed by atoms with E-state index in [-0.39, 0.29) is 11.9 Å². The number of rotatable bonds is 4. The molecule has 5 nitrogen and oxygen atoms in total. The minimum Gasteiger partial charge on any atom is -0.349 e. The first-order chi connectivity index (χ1) is 13.3. The van der Waals surface area contributed by atoms with Gasteiger partial charge in [0.15, 0.2) is 0 Å². The highest BCUT2D eigenvalue weighted by molar-refractivity contribution is 6.00. The van der Waals surface area contributed by atoms with Crippen LogP contribution in [-0.4, -0.2) is 26.7 Å². The molecule has 0 saturated heterocycles. The minimum atomic E-state index is -0.0528. The topological polar surface area (TPSA) is 59.8 Å². The molecule has 27 heavy (non-hydrogen) atoms. The number of nitrogens with zero attached hydrogens (tertiary/aromatic N) is 3. The summed E-state index contributed by atoms with van der Waals surface area (Å²) in [7, 11) is 0. The van der Waals surface area contributed by atoms with E-state index in [0.717, 1.165) is 24.1 Å². The van der Waals surface area contributed by atoms with Crippen LogP contribution in [0, 0.1) is 0 Å². The van der Waals surface area contributed by atoms with Crippen molar-refractivity contribution in [3.8, 4) is 16.9 Å². The summed E-state index contributed by atoms with van der Waals surface area (Å²) in [4.78, 5) is 17.3. The second kappa shape index (κ2) is 8.16. The number of carbonyl (C=O) groups excluding carboxylic acids is 1. The largest absolute Gasteiger partial charge is 0.349 e. The van der Waals surface area contributed by atoms with Gasteiger partial charge in [0.05, 0.1) is 11.3 Å². The lowest BCUT2D eigenvalue weighted by Crippen LogP contribution is -2.34. The van der Waals surface area contributed by atoms with Crippen molar-refractivity contribution in [2.24, 2.45) is 0 Å². The van der Waals surface area contributed by atoms with E-state index in [9.17, 15) is 4.79 Å². The number of benzene rings is 1. The lowest BCUT2D eigenvalue weighted by molar-refractivity contribution is 0.0934. The zero-order valence-electron chi connectivity index (χ0n) is 15.3. The Balaban J connectivity index is 1.67. The monoisotopic (exact) mass is 360 g/mol. The van der Waals surface area contributed by atoms with Gasteiger partial charge in [0, 0.05) is 30.2 Å². The first-order valence-electron chi connectivity index (χ1n) is 9.67. The third kappa shape index (κ3) is 4.08. The Morgan fingerprint density at radius 1 is 1.00 bits per heavy atom. The van der Waals surface area contributed by atoms with Crippen molar-refractivity contribution in [1.82, 2.24) is 20.1 Å². The van der Waals surface area contributed by atoms with Crippen LogP contribution in [-0.2, 0) is 0 Å². The number of hydrogen-bond acceptors (Lipinski definition) is 3. The molecule has 1 amide bonds. The zero-order chi connectivity index (χ0) is 18.5. The molecule has 0 radical (unpaired) electrons. The highest BCUT2D eigenvalue weighted by Crippen LogP contribution is 2.24. The number of amides is 1. The van der Waals surface area contributed by atoms with Crippen LogP contribution in [0.25, 0.3) is 16.9 Å². The van der Waals surface area contributed by atoms with Gasteiger partial charge in [-0.05, 0) is 37.1 Å². The number of hydrogen-bond donors (Lipinski definition) is 1. The molecule has 4 rings (SSSR count). The summed E-state index contributed by atoms with van der Waals surface area (Å²) in [5.74, 6) is -0.0528. The highest BCUT2D eigenvalue weighted by atomic mass is 16.1. The Labute approximate surface area is 159 Å². The second-order valence-corrected chi connectivity index (χ2v) is 7.08. The Hall–Kier alpha value is -2.95. The molecule has 1 N–H and O–H groups in total. The summed E-state index contributed by atoms with van der Waals surface area (Å²) < 4.78 is 1.77. The second-order valence-electron chi connectivity index (χ2n) is 7.08. The molecule has 1 aliphatic rings. The molecule has 0 spiro atoms. The average Bonchev–Trinajstić information content (AvgIpc) is 3.02. The van der Waals surface area contributed by atoms with E-state index in [1.54, 1.807) is 17.1 Å². The third-order valence-electron chi connectivity index (χ3n) is 5.10. The van der Waals surface area contributed by atoms with Gasteiger partial charge in [-0.25, -0.2) is 4.68 Å². The molecular weight excluding hydrogens is 336 g/mol. The first-order valence-corrected chi connectivity index (χ1v) is 9.67. The summed E-state index contributed by atoms with van der Waals surface area (Å²) in [5.41, 5.74) is 3.03. The first kappa shape index (κ1) is 17.5. The van der Waals surface area contributed by atoms with E-state index in [1.165, 1.54) is 25.7 Å². The number of nitrogens with one attached hydrogen (secondary N) is 1. The third-order valence-corrected chi connectivity index (χ3v) is 5.10. The molecule has 1 aliphatic carbocycles. The molecule has 1 aromatic carbocycles. The highest BCUT2D eigenvalue weighted by Gasteiger charge is 2.22. The predicted octanol–water partition coefficient (Wildman–Crippen LogP) is 4.39. The number of pyridine rings is 1. The van der Waals surface area contributed by atoms with Crippen molar-refractivity contribution < 1.29 is 4.79 Å². The normalized spacial score (nSPS) is 15.3. The molecule has 0 bridgehead atoms. The lowest BCUT2D eigenvalue weighted by atomic mass is 10.1.